The molecule has 78 valence electrons. The van der Waals surface area contributed by atoms with E-state index in [4.69, 9.17) is 0 Å². The maximum atomic E-state index is 3.54. The molecule has 1 heterocycles. The van der Waals surface area contributed by atoms with E-state index in [2.05, 4.69) is 52.2 Å². The molecule has 1 aliphatic heterocycles. The quantitative estimate of drug-likeness (QED) is 0.601. The topological polar surface area (TPSA) is 24.1 Å². The largest absolute Gasteiger partial charge is 0.300 e. The highest BCUT2D eigenvalue weighted by Crippen LogP contribution is 2.32. The second-order valence-electron chi connectivity index (χ2n) is 6.27. The molecule has 0 aliphatic carbocycles. The van der Waals surface area contributed by atoms with Gasteiger partial charge in [-0.25, -0.2) is 0 Å². The lowest BCUT2D eigenvalue weighted by Crippen LogP contribution is -2.50. The van der Waals surface area contributed by atoms with Gasteiger partial charge in [0.2, 0.25) is 0 Å². The van der Waals surface area contributed by atoms with Crippen molar-refractivity contribution < 1.29 is 0 Å². The van der Waals surface area contributed by atoms with Crippen LogP contribution in [-0.2, 0) is 0 Å². The molecule has 0 bridgehead atoms. The minimum absolute atomic E-state index is 0.335. The van der Waals surface area contributed by atoms with Crippen molar-refractivity contribution >= 4 is 0 Å². The summed E-state index contributed by atoms with van der Waals surface area (Å²) in [6.45, 7) is 14.8. The first-order chi connectivity index (χ1) is 5.73. The molecule has 2 nitrogen and oxygen atoms in total. The van der Waals surface area contributed by atoms with Gasteiger partial charge >= 0.3 is 0 Å². The van der Waals surface area contributed by atoms with Gasteiger partial charge in [-0.3, -0.25) is 10.6 Å². The zero-order valence-electron chi connectivity index (χ0n) is 9.86. The molecule has 1 aliphatic rings. The molecule has 0 amide bonds. The first-order valence-electron chi connectivity index (χ1n) is 5.20. The molecule has 0 aromatic rings. The zero-order chi connectivity index (χ0) is 10.3. The number of hydrogen-bond donors (Lipinski definition) is 2. The molecule has 1 saturated heterocycles. The fraction of sp³-hybridized carbons (Fsp3) is 1.00. The van der Waals surface area contributed by atoms with Gasteiger partial charge in [0.25, 0.3) is 0 Å². The molecule has 0 aromatic heterocycles. The van der Waals surface area contributed by atoms with Gasteiger partial charge in [-0.05, 0) is 10.8 Å². The van der Waals surface area contributed by atoms with Crippen LogP contribution in [0.4, 0.5) is 0 Å². The van der Waals surface area contributed by atoms with Crippen LogP contribution in [0.3, 0.4) is 0 Å². The third kappa shape index (κ3) is 2.44. The fourth-order valence-corrected chi connectivity index (χ4v) is 2.13. The van der Waals surface area contributed by atoms with E-state index in [9.17, 15) is 0 Å². The first kappa shape index (κ1) is 11.0. The maximum absolute atomic E-state index is 3.54. The third-order valence-corrected chi connectivity index (χ3v) is 2.84. The van der Waals surface area contributed by atoms with Crippen molar-refractivity contribution in [1.82, 2.24) is 10.6 Å². The van der Waals surface area contributed by atoms with Crippen LogP contribution in [-0.4, -0.2) is 18.8 Å². The summed E-state index contributed by atoms with van der Waals surface area (Å²) in [6, 6.07) is 1.15. The molecule has 0 saturated carbocycles. The Morgan fingerprint density at radius 1 is 0.769 bits per heavy atom. The van der Waals surface area contributed by atoms with Crippen LogP contribution in [0.15, 0.2) is 0 Å². The van der Waals surface area contributed by atoms with Gasteiger partial charge in [0.15, 0.2) is 0 Å². The zero-order valence-corrected chi connectivity index (χ0v) is 9.86. The van der Waals surface area contributed by atoms with Gasteiger partial charge in [-0.2, -0.15) is 0 Å². The number of rotatable bonds is 0. The highest BCUT2D eigenvalue weighted by atomic mass is 15.2. The molecular formula is C11H24N2. The van der Waals surface area contributed by atoms with E-state index in [1.54, 1.807) is 0 Å². The number of hydrogen-bond acceptors (Lipinski definition) is 2. The highest BCUT2D eigenvalue weighted by molar-refractivity contribution is 5.00. The van der Waals surface area contributed by atoms with Gasteiger partial charge in [-0.1, -0.05) is 41.5 Å². The Balaban J connectivity index is 2.76. The minimum atomic E-state index is 0.335. The SMILES string of the molecule is CC(C)(C)C1NCNC1C(C)(C)C. The standard InChI is InChI=1S/C11H24N2/c1-10(2,3)8-9(11(4,5)6)13-7-12-8/h8-9,12-13H,7H2,1-6H3. The molecule has 2 atom stereocenters. The van der Waals surface area contributed by atoms with Gasteiger partial charge in [0.1, 0.15) is 0 Å². The van der Waals surface area contributed by atoms with Crippen LogP contribution < -0.4 is 10.6 Å². The van der Waals surface area contributed by atoms with Crippen LogP contribution in [0.25, 0.3) is 0 Å². The molecule has 2 unspecified atom stereocenters. The van der Waals surface area contributed by atoms with Gasteiger partial charge in [-0.15, -0.1) is 0 Å². The van der Waals surface area contributed by atoms with Crippen LogP contribution >= 0.6 is 0 Å². The molecular weight excluding hydrogens is 160 g/mol. The second-order valence-corrected chi connectivity index (χ2v) is 6.27. The average Bonchev–Trinajstić information content (AvgIpc) is 2.27. The van der Waals surface area contributed by atoms with E-state index >= 15 is 0 Å². The maximum Gasteiger partial charge on any atom is 0.0459 e. The Morgan fingerprint density at radius 3 is 1.31 bits per heavy atom. The summed E-state index contributed by atoms with van der Waals surface area (Å²) < 4.78 is 0. The average molecular weight is 184 g/mol. The monoisotopic (exact) mass is 184 g/mol. The Hall–Kier alpha value is -0.0800. The fourth-order valence-electron chi connectivity index (χ4n) is 2.13. The lowest BCUT2D eigenvalue weighted by atomic mass is 9.74. The van der Waals surface area contributed by atoms with E-state index in [0.717, 1.165) is 6.67 Å². The van der Waals surface area contributed by atoms with E-state index in [1.807, 2.05) is 0 Å². The van der Waals surface area contributed by atoms with Crippen LogP contribution in [0.2, 0.25) is 0 Å². The molecule has 1 fully saturated rings. The lowest BCUT2D eigenvalue weighted by molar-refractivity contribution is 0.184. The van der Waals surface area contributed by atoms with Crippen molar-refractivity contribution in [3.05, 3.63) is 0 Å². The van der Waals surface area contributed by atoms with Crippen molar-refractivity contribution in [1.29, 1.82) is 0 Å². The van der Waals surface area contributed by atoms with E-state index in [0.29, 0.717) is 22.9 Å². The Labute approximate surface area is 82.5 Å². The molecule has 2 N–H and O–H groups in total. The van der Waals surface area contributed by atoms with Gasteiger partial charge in [0.05, 0.1) is 0 Å². The van der Waals surface area contributed by atoms with Crippen molar-refractivity contribution in [2.75, 3.05) is 6.67 Å². The van der Waals surface area contributed by atoms with Gasteiger partial charge < -0.3 is 0 Å². The summed E-state index contributed by atoms with van der Waals surface area (Å²) in [5.41, 5.74) is 0.670. The molecule has 2 heteroatoms. The first-order valence-corrected chi connectivity index (χ1v) is 5.20. The Morgan fingerprint density at radius 2 is 1.08 bits per heavy atom. The molecule has 0 spiro atoms. The predicted octanol–water partition coefficient (Wildman–Crippen LogP) is 1.97. The Kier molecular flexibility index (Phi) is 2.75. The summed E-state index contributed by atoms with van der Waals surface area (Å²) >= 11 is 0. The van der Waals surface area contributed by atoms with Crippen LogP contribution in [0.5, 0.6) is 0 Å². The third-order valence-electron chi connectivity index (χ3n) is 2.84. The Bertz CT molecular complexity index is 154. The molecule has 0 radical (unpaired) electrons. The highest BCUT2D eigenvalue weighted by Gasteiger charge is 2.41. The van der Waals surface area contributed by atoms with Crippen molar-refractivity contribution in [3.63, 3.8) is 0 Å². The molecule has 13 heavy (non-hydrogen) atoms. The second kappa shape index (κ2) is 3.25. The number of nitrogens with one attached hydrogen (secondary N) is 2. The molecule has 0 aromatic carbocycles. The summed E-state index contributed by atoms with van der Waals surface area (Å²) in [4.78, 5) is 0. The van der Waals surface area contributed by atoms with E-state index < -0.39 is 0 Å². The summed E-state index contributed by atoms with van der Waals surface area (Å²) in [5.74, 6) is 0. The van der Waals surface area contributed by atoms with Crippen LogP contribution in [0.1, 0.15) is 41.5 Å². The van der Waals surface area contributed by atoms with E-state index in [1.165, 1.54) is 0 Å². The summed E-state index contributed by atoms with van der Waals surface area (Å²) in [6.07, 6.45) is 0. The summed E-state index contributed by atoms with van der Waals surface area (Å²) in [7, 11) is 0. The normalized spacial score (nSPS) is 30.9. The van der Waals surface area contributed by atoms with Crippen LogP contribution in [0, 0.1) is 10.8 Å². The van der Waals surface area contributed by atoms with Gasteiger partial charge in [0, 0.05) is 18.8 Å². The van der Waals surface area contributed by atoms with Crippen molar-refractivity contribution in [3.8, 4) is 0 Å². The lowest BCUT2D eigenvalue weighted by Gasteiger charge is -2.38. The van der Waals surface area contributed by atoms with Crippen molar-refractivity contribution in [2.45, 2.75) is 53.6 Å². The smallest absolute Gasteiger partial charge is 0.0459 e. The molecule has 1 rings (SSSR count). The summed E-state index contributed by atoms with van der Waals surface area (Å²) in [5, 5.41) is 7.08. The predicted molar refractivity (Wildman–Crippen MR) is 57.6 cm³/mol. The minimum Gasteiger partial charge on any atom is -0.300 e. The van der Waals surface area contributed by atoms with E-state index in [-0.39, 0.29) is 0 Å². The van der Waals surface area contributed by atoms with Crippen molar-refractivity contribution in [2.24, 2.45) is 10.8 Å².